The van der Waals surface area contributed by atoms with Gasteiger partial charge in [-0.15, -0.1) is 0 Å². The van der Waals surface area contributed by atoms with Gasteiger partial charge in [0.1, 0.15) is 5.82 Å². The van der Waals surface area contributed by atoms with Crippen LogP contribution in [0.25, 0.3) is 0 Å². The van der Waals surface area contributed by atoms with Crippen molar-refractivity contribution in [1.82, 2.24) is 9.88 Å². The van der Waals surface area contributed by atoms with Gasteiger partial charge >= 0.3 is 0 Å². The van der Waals surface area contributed by atoms with Gasteiger partial charge in [0.05, 0.1) is 6.54 Å². The van der Waals surface area contributed by atoms with E-state index in [1.807, 2.05) is 18.0 Å². The van der Waals surface area contributed by atoms with Crippen LogP contribution in [0.2, 0.25) is 0 Å². The van der Waals surface area contributed by atoms with Crippen LogP contribution in [0.1, 0.15) is 0 Å². The number of carbonyl (C=O) groups is 1. The van der Waals surface area contributed by atoms with Crippen LogP contribution in [0.3, 0.4) is 0 Å². The first-order chi connectivity index (χ1) is 7.61. The SMILES string of the molecule is CN(CCN)CC(=O)Nc1ccc(Br)cn1. The van der Waals surface area contributed by atoms with Crippen molar-refractivity contribution in [3.05, 3.63) is 22.8 Å². The van der Waals surface area contributed by atoms with E-state index in [0.717, 1.165) is 4.47 Å². The second-order valence-electron chi connectivity index (χ2n) is 3.44. The van der Waals surface area contributed by atoms with Crippen molar-refractivity contribution in [2.75, 3.05) is 32.0 Å². The second-order valence-corrected chi connectivity index (χ2v) is 4.35. The van der Waals surface area contributed by atoms with Crippen molar-refractivity contribution in [2.24, 2.45) is 5.73 Å². The quantitative estimate of drug-likeness (QED) is 0.835. The molecule has 0 aromatic carbocycles. The van der Waals surface area contributed by atoms with E-state index in [0.29, 0.717) is 25.5 Å². The molecule has 0 fully saturated rings. The Morgan fingerprint density at radius 3 is 2.94 bits per heavy atom. The number of carbonyl (C=O) groups excluding carboxylic acids is 1. The van der Waals surface area contributed by atoms with Crippen molar-refractivity contribution in [3.8, 4) is 0 Å². The third-order valence-electron chi connectivity index (χ3n) is 1.92. The molecule has 1 aromatic rings. The minimum absolute atomic E-state index is 0.0919. The van der Waals surface area contributed by atoms with E-state index in [1.54, 1.807) is 12.3 Å². The predicted molar refractivity (Wildman–Crippen MR) is 67.1 cm³/mol. The van der Waals surface area contributed by atoms with Crippen molar-refractivity contribution < 1.29 is 4.79 Å². The van der Waals surface area contributed by atoms with E-state index < -0.39 is 0 Å². The molecular weight excluding hydrogens is 272 g/mol. The van der Waals surface area contributed by atoms with Gasteiger partial charge in [-0.05, 0) is 35.1 Å². The lowest BCUT2D eigenvalue weighted by Gasteiger charge is -2.14. The van der Waals surface area contributed by atoms with Crippen LogP contribution in [0.4, 0.5) is 5.82 Å². The highest BCUT2D eigenvalue weighted by Crippen LogP contribution is 2.10. The summed E-state index contributed by atoms with van der Waals surface area (Å²) in [4.78, 5) is 17.4. The average Bonchev–Trinajstić information content (AvgIpc) is 2.21. The molecule has 6 heteroatoms. The van der Waals surface area contributed by atoms with Crippen LogP contribution in [0.5, 0.6) is 0 Å². The number of hydrogen-bond donors (Lipinski definition) is 2. The smallest absolute Gasteiger partial charge is 0.239 e. The summed E-state index contributed by atoms with van der Waals surface area (Å²) in [6, 6.07) is 3.57. The number of nitrogens with two attached hydrogens (primary N) is 1. The molecule has 1 rings (SSSR count). The molecule has 3 N–H and O–H groups in total. The Kier molecular flexibility index (Phi) is 5.37. The summed E-state index contributed by atoms with van der Waals surface area (Å²) in [5.74, 6) is 0.458. The van der Waals surface area contributed by atoms with Gasteiger partial charge in [0.25, 0.3) is 0 Å². The van der Waals surface area contributed by atoms with E-state index in [1.165, 1.54) is 0 Å². The first-order valence-electron chi connectivity index (χ1n) is 4.92. The Morgan fingerprint density at radius 1 is 1.62 bits per heavy atom. The number of pyridine rings is 1. The summed E-state index contributed by atoms with van der Waals surface area (Å²) in [7, 11) is 1.85. The van der Waals surface area contributed by atoms with Gasteiger partial charge in [-0.2, -0.15) is 0 Å². The normalized spacial score (nSPS) is 10.5. The molecule has 1 amide bonds. The van der Waals surface area contributed by atoms with Gasteiger partial charge in [0, 0.05) is 23.8 Å². The number of anilines is 1. The van der Waals surface area contributed by atoms with Gasteiger partial charge in [0.2, 0.25) is 5.91 Å². The van der Waals surface area contributed by atoms with E-state index in [4.69, 9.17) is 5.73 Å². The van der Waals surface area contributed by atoms with Crippen molar-refractivity contribution in [1.29, 1.82) is 0 Å². The summed E-state index contributed by atoms with van der Waals surface area (Å²) in [5, 5.41) is 2.71. The monoisotopic (exact) mass is 286 g/mol. The molecule has 0 bridgehead atoms. The highest BCUT2D eigenvalue weighted by Gasteiger charge is 2.06. The fraction of sp³-hybridized carbons (Fsp3) is 0.400. The fourth-order valence-corrected chi connectivity index (χ4v) is 1.41. The summed E-state index contributed by atoms with van der Waals surface area (Å²) in [6.45, 7) is 1.55. The lowest BCUT2D eigenvalue weighted by molar-refractivity contribution is -0.117. The lowest BCUT2D eigenvalue weighted by atomic mass is 10.4. The van der Waals surface area contributed by atoms with Crippen LogP contribution < -0.4 is 11.1 Å². The van der Waals surface area contributed by atoms with E-state index in [-0.39, 0.29) is 5.91 Å². The number of aromatic nitrogens is 1. The predicted octanol–water partition coefficient (Wildman–Crippen LogP) is 0.673. The zero-order valence-electron chi connectivity index (χ0n) is 9.11. The summed E-state index contributed by atoms with van der Waals surface area (Å²) < 4.78 is 0.880. The zero-order valence-corrected chi connectivity index (χ0v) is 10.7. The van der Waals surface area contributed by atoms with E-state index in [2.05, 4.69) is 26.2 Å². The van der Waals surface area contributed by atoms with Crippen LogP contribution in [-0.2, 0) is 4.79 Å². The van der Waals surface area contributed by atoms with Crippen LogP contribution in [0, 0.1) is 0 Å². The topological polar surface area (TPSA) is 71.2 Å². The maximum Gasteiger partial charge on any atom is 0.239 e. The molecule has 0 unspecified atom stereocenters. The molecule has 1 heterocycles. The number of nitrogens with one attached hydrogen (secondary N) is 1. The summed E-state index contributed by atoms with van der Waals surface area (Å²) in [6.07, 6.45) is 1.64. The average molecular weight is 287 g/mol. The Morgan fingerprint density at radius 2 is 2.38 bits per heavy atom. The third kappa shape index (κ3) is 4.69. The number of halogens is 1. The van der Waals surface area contributed by atoms with E-state index >= 15 is 0 Å². The molecular formula is C10H15BrN4O. The molecule has 0 aliphatic heterocycles. The first kappa shape index (κ1) is 13.1. The second kappa shape index (κ2) is 6.57. The third-order valence-corrected chi connectivity index (χ3v) is 2.39. The number of amides is 1. The Balaban J connectivity index is 2.42. The summed E-state index contributed by atoms with van der Waals surface area (Å²) in [5.41, 5.74) is 5.38. The maximum absolute atomic E-state index is 11.5. The number of rotatable bonds is 5. The van der Waals surface area contributed by atoms with Crippen molar-refractivity contribution >= 4 is 27.7 Å². The lowest BCUT2D eigenvalue weighted by Crippen LogP contribution is -2.33. The standard InChI is InChI=1S/C10H15BrN4O/c1-15(5-4-12)7-10(16)14-9-3-2-8(11)6-13-9/h2-3,6H,4-5,7,12H2,1H3,(H,13,14,16). The molecule has 5 nitrogen and oxygen atoms in total. The molecule has 0 atom stereocenters. The molecule has 1 aromatic heterocycles. The molecule has 16 heavy (non-hydrogen) atoms. The minimum atomic E-state index is -0.0919. The Bertz CT molecular complexity index is 341. The van der Waals surface area contributed by atoms with Crippen LogP contribution >= 0.6 is 15.9 Å². The molecule has 0 radical (unpaired) electrons. The highest BCUT2D eigenvalue weighted by atomic mass is 79.9. The number of nitrogens with zero attached hydrogens (tertiary/aromatic N) is 2. The van der Waals surface area contributed by atoms with Gasteiger partial charge in [-0.25, -0.2) is 4.98 Å². The zero-order chi connectivity index (χ0) is 12.0. The first-order valence-corrected chi connectivity index (χ1v) is 5.71. The maximum atomic E-state index is 11.5. The number of hydrogen-bond acceptors (Lipinski definition) is 4. The fourth-order valence-electron chi connectivity index (χ4n) is 1.18. The Labute approximate surface area is 103 Å². The molecule has 88 valence electrons. The van der Waals surface area contributed by atoms with Crippen molar-refractivity contribution in [2.45, 2.75) is 0 Å². The van der Waals surface area contributed by atoms with Crippen molar-refractivity contribution in [3.63, 3.8) is 0 Å². The van der Waals surface area contributed by atoms with Gasteiger partial charge in [-0.1, -0.05) is 0 Å². The van der Waals surface area contributed by atoms with Crippen LogP contribution in [0.15, 0.2) is 22.8 Å². The molecule has 0 aliphatic rings. The summed E-state index contributed by atoms with van der Waals surface area (Å²) >= 11 is 3.28. The van der Waals surface area contributed by atoms with Gasteiger partial charge in [-0.3, -0.25) is 9.69 Å². The minimum Gasteiger partial charge on any atom is -0.329 e. The molecule has 0 saturated carbocycles. The molecule has 0 saturated heterocycles. The van der Waals surface area contributed by atoms with Gasteiger partial charge < -0.3 is 11.1 Å². The van der Waals surface area contributed by atoms with Crippen LogP contribution in [-0.4, -0.2) is 42.5 Å². The van der Waals surface area contributed by atoms with Gasteiger partial charge in [0.15, 0.2) is 0 Å². The highest BCUT2D eigenvalue weighted by molar-refractivity contribution is 9.10. The molecule has 0 spiro atoms. The molecule has 0 aliphatic carbocycles. The largest absolute Gasteiger partial charge is 0.329 e. The Hall–Kier alpha value is -0.980. The van der Waals surface area contributed by atoms with E-state index in [9.17, 15) is 4.79 Å². The number of likely N-dealkylation sites (N-methyl/N-ethyl adjacent to an activating group) is 1.